The molecule has 0 radical (unpaired) electrons. The third kappa shape index (κ3) is 5.29. The summed E-state index contributed by atoms with van der Waals surface area (Å²) in [5.74, 6) is 0. The number of amides is 2. The van der Waals surface area contributed by atoms with Crippen LogP contribution in [0, 0.1) is 0 Å². The molecule has 1 atom stereocenters. The molecule has 2 amide bonds. The van der Waals surface area contributed by atoms with Crippen LogP contribution in [0.4, 0.5) is 4.79 Å². The Kier molecular flexibility index (Phi) is 6.95. The normalized spacial score (nSPS) is 12.0. The van der Waals surface area contributed by atoms with Crippen LogP contribution in [0.5, 0.6) is 0 Å². The number of aromatic nitrogens is 1. The molecule has 0 aliphatic rings. The lowest BCUT2D eigenvalue weighted by Crippen LogP contribution is -2.39. The van der Waals surface area contributed by atoms with Crippen LogP contribution in [0.15, 0.2) is 48.8 Å². The van der Waals surface area contributed by atoms with E-state index in [0.29, 0.717) is 6.54 Å². The molecular formula is C20H28N4O. The number of hydrogen-bond donors (Lipinski definition) is 1. The van der Waals surface area contributed by atoms with E-state index in [1.54, 1.807) is 11.1 Å². The van der Waals surface area contributed by atoms with Gasteiger partial charge in [-0.15, -0.1) is 0 Å². The first-order valence-corrected chi connectivity index (χ1v) is 8.65. The largest absolute Gasteiger partial charge is 0.334 e. The van der Waals surface area contributed by atoms with E-state index < -0.39 is 0 Å². The maximum absolute atomic E-state index is 12.6. The van der Waals surface area contributed by atoms with Crippen molar-refractivity contribution in [3.8, 4) is 0 Å². The Morgan fingerprint density at radius 3 is 2.44 bits per heavy atom. The van der Waals surface area contributed by atoms with E-state index in [-0.39, 0.29) is 12.1 Å². The van der Waals surface area contributed by atoms with Crippen LogP contribution < -0.4 is 5.32 Å². The Bertz CT molecular complexity index is 672. The summed E-state index contributed by atoms with van der Waals surface area (Å²) in [4.78, 5) is 20.7. The number of hydrogen-bond acceptors (Lipinski definition) is 3. The molecule has 5 nitrogen and oxygen atoms in total. The summed E-state index contributed by atoms with van der Waals surface area (Å²) in [6.07, 6.45) is 4.41. The van der Waals surface area contributed by atoms with E-state index in [4.69, 9.17) is 0 Å². The van der Waals surface area contributed by atoms with Gasteiger partial charge in [0.25, 0.3) is 0 Å². The molecule has 1 unspecified atom stereocenters. The molecule has 0 saturated heterocycles. The van der Waals surface area contributed by atoms with Crippen LogP contribution >= 0.6 is 0 Å². The number of benzene rings is 1. The Morgan fingerprint density at radius 1 is 1.12 bits per heavy atom. The number of carbonyl (C=O) groups is 1. The Hall–Kier alpha value is -2.40. The van der Waals surface area contributed by atoms with Gasteiger partial charge in [0.05, 0.1) is 6.04 Å². The fourth-order valence-corrected chi connectivity index (χ4v) is 2.97. The van der Waals surface area contributed by atoms with Crippen molar-refractivity contribution in [2.45, 2.75) is 32.5 Å². The second-order valence-electron chi connectivity index (χ2n) is 6.49. The van der Waals surface area contributed by atoms with Gasteiger partial charge in [0.15, 0.2) is 0 Å². The third-order valence-electron chi connectivity index (χ3n) is 4.28. The average molecular weight is 340 g/mol. The summed E-state index contributed by atoms with van der Waals surface area (Å²) >= 11 is 0. The summed E-state index contributed by atoms with van der Waals surface area (Å²) in [5.41, 5.74) is 3.43. The highest BCUT2D eigenvalue weighted by molar-refractivity contribution is 5.74. The van der Waals surface area contributed by atoms with Gasteiger partial charge in [-0.1, -0.05) is 37.3 Å². The van der Waals surface area contributed by atoms with Gasteiger partial charge in [-0.3, -0.25) is 4.98 Å². The van der Waals surface area contributed by atoms with Crippen LogP contribution in [0.2, 0.25) is 0 Å². The van der Waals surface area contributed by atoms with E-state index in [1.807, 2.05) is 51.6 Å². The zero-order valence-electron chi connectivity index (χ0n) is 15.6. The molecule has 25 heavy (non-hydrogen) atoms. The van der Waals surface area contributed by atoms with E-state index in [2.05, 4.69) is 34.3 Å². The zero-order valence-corrected chi connectivity index (χ0v) is 15.6. The average Bonchev–Trinajstić information content (AvgIpc) is 2.61. The van der Waals surface area contributed by atoms with Gasteiger partial charge < -0.3 is 15.1 Å². The van der Waals surface area contributed by atoms with Crippen molar-refractivity contribution in [2.75, 3.05) is 21.1 Å². The highest BCUT2D eigenvalue weighted by Crippen LogP contribution is 2.22. The van der Waals surface area contributed by atoms with E-state index in [1.165, 1.54) is 5.56 Å². The summed E-state index contributed by atoms with van der Waals surface area (Å²) in [5, 5.41) is 3.04. The van der Waals surface area contributed by atoms with Crippen molar-refractivity contribution in [3.05, 3.63) is 65.5 Å². The van der Waals surface area contributed by atoms with Crippen molar-refractivity contribution >= 4 is 6.03 Å². The number of nitrogens with one attached hydrogen (secondary N) is 1. The first-order chi connectivity index (χ1) is 12.0. The SMILES string of the molecule is CCC(c1cccnc1)N(C)C(=O)NCc1ccccc1CN(C)C. The van der Waals surface area contributed by atoms with E-state index in [0.717, 1.165) is 24.1 Å². The highest BCUT2D eigenvalue weighted by atomic mass is 16.2. The minimum atomic E-state index is -0.0737. The highest BCUT2D eigenvalue weighted by Gasteiger charge is 2.20. The van der Waals surface area contributed by atoms with Gasteiger partial charge in [-0.05, 0) is 43.3 Å². The van der Waals surface area contributed by atoms with Gasteiger partial charge in [0.1, 0.15) is 0 Å². The molecule has 1 heterocycles. The van der Waals surface area contributed by atoms with Crippen molar-refractivity contribution in [1.82, 2.24) is 20.1 Å². The summed E-state index contributed by atoms with van der Waals surface area (Å²) in [6, 6.07) is 12.1. The molecule has 0 spiro atoms. The first kappa shape index (κ1) is 18.9. The number of nitrogens with zero attached hydrogens (tertiary/aromatic N) is 3. The first-order valence-electron chi connectivity index (χ1n) is 8.65. The van der Waals surface area contributed by atoms with Gasteiger partial charge in [0.2, 0.25) is 0 Å². The van der Waals surface area contributed by atoms with Crippen LogP contribution in [-0.2, 0) is 13.1 Å². The number of urea groups is 1. The molecule has 2 rings (SSSR count). The molecule has 0 fully saturated rings. The van der Waals surface area contributed by atoms with Crippen molar-refractivity contribution in [1.29, 1.82) is 0 Å². The Balaban J connectivity index is 2.02. The predicted molar refractivity (Wildman–Crippen MR) is 101 cm³/mol. The summed E-state index contributed by atoms with van der Waals surface area (Å²) in [6.45, 7) is 3.46. The standard InChI is InChI=1S/C20H28N4O/c1-5-19(17-11-8-12-21-13-17)24(4)20(25)22-14-16-9-6-7-10-18(16)15-23(2)3/h6-13,19H,5,14-15H2,1-4H3,(H,22,25). The molecule has 134 valence electrons. The molecular weight excluding hydrogens is 312 g/mol. The number of rotatable bonds is 7. The van der Waals surface area contributed by atoms with Crippen LogP contribution in [0.25, 0.3) is 0 Å². The molecule has 1 aromatic heterocycles. The van der Waals surface area contributed by atoms with Crippen molar-refractivity contribution in [3.63, 3.8) is 0 Å². The van der Waals surface area contributed by atoms with E-state index >= 15 is 0 Å². The Morgan fingerprint density at radius 2 is 1.84 bits per heavy atom. The quantitative estimate of drug-likeness (QED) is 0.840. The predicted octanol–water partition coefficient (Wildman–Crippen LogP) is 3.44. The second-order valence-corrected chi connectivity index (χ2v) is 6.49. The maximum Gasteiger partial charge on any atom is 0.317 e. The van der Waals surface area contributed by atoms with Gasteiger partial charge in [-0.2, -0.15) is 0 Å². The molecule has 5 heteroatoms. The van der Waals surface area contributed by atoms with Crippen LogP contribution in [-0.4, -0.2) is 42.0 Å². The number of carbonyl (C=O) groups excluding carboxylic acids is 1. The lowest BCUT2D eigenvalue weighted by atomic mass is 10.1. The summed E-state index contributed by atoms with van der Waals surface area (Å²) < 4.78 is 0. The zero-order chi connectivity index (χ0) is 18.2. The second kappa shape index (κ2) is 9.18. The molecule has 0 aliphatic carbocycles. The lowest BCUT2D eigenvalue weighted by molar-refractivity contribution is 0.188. The summed E-state index contributed by atoms with van der Waals surface area (Å²) in [7, 11) is 5.92. The van der Waals surface area contributed by atoms with Gasteiger partial charge in [0, 0.05) is 32.5 Å². The lowest BCUT2D eigenvalue weighted by Gasteiger charge is -2.28. The van der Waals surface area contributed by atoms with Crippen molar-refractivity contribution < 1.29 is 4.79 Å². The van der Waals surface area contributed by atoms with Crippen molar-refractivity contribution in [2.24, 2.45) is 0 Å². The molecule has 2 aromatic rings. The fourth-order valence-electron chi connectivity index (χ4n) is 2.97. The third-order valence-corrected chi connectivity index (χ3v) is 4.28. The van der Waals surface area contributed by atoms with Gasteiger partial charge >= 0.3 is 6.03 Å². The smallest absolute Gasteiger partial charge is 0.317 e. The molecule has 1 N–H and O–H groups in total. The van der Waals surface area contributed by atoms with Crippen LogP contribution in [0.3, 0.4) is 0 Å². The molecule has 1 aromatic carbocycles. The minimum absolute atomic E-state index is 0.0192. The van der Waals surface area contributed by atoms with E-state index in [9.17, 15) is 4.79 Å². The van der Waals surface area contributed by atoms with Gasteiger partial charge in [-0.25, -0.2) is 4.79 Å². The fraction of sp³-hybridized carbons (Fsp3) is 0.400. The number of pyridine rings is 1. The molecule has 0 aliphatic heterocycles. The molecule has 0 bridgehead atoms. The monoisotopic (exact) mass is 340 g/mol. The molecule has 0 saturated carbocycles. The minimum Gasteiger partial charge on any atom is -0.334 e. The van der Waals surface area contributed by atoms with Crippen LogP contribution in [0.1, 0.15) is 36.1 Å². The Labute approximate surface area is 150 Å². The maximum atomic E-state index is 12.6. The topological polar surface area (TPSA) is 48.5 Å².